The molecule has 0 aliphatic carbocycles. The van der Waals surface area contributed by atoms with Gasteiger partial charge in [0.2, 0.25) is 0 Å². The summed E-state index contributed by atoms with van der Waals surface area (Å²) in [4.78, 5) is 19.7. The molecule has 44 heavy (non-hydrogen) atoms. The van der Waals surface area contributed by atoms with Gasteiger partial charge in [-0.25, -0.2) is 4.79 Å². The summed E-state index contributed by atoms with van der Waals surface area (Å²) in [5.41, 5.74) is 12.5. The van der Waals surface area contributed by atoms with Crippen LogP contribution in [0.5, 0.6) is 0 Å². The van der Waals surface area contributed by atoms with Gasteiger partial charge in [0.25, 0.3) is 0 Å². The normalized spacial score (nSPS) is 11.7. The molecule has 2 atom stereocenters. The fraction of sp³-hybridized carbons (Fsp3) is 0.324. The number of hydrogen-bond donors (Lipinski definition) is 4. The van der Waals surface area contributed by atoms with Crippen molar-refractivity contribution in [3.63, 3.8) is 0 Å². The SMILES string of the molecule is C.C[C@H](NC(=O)OC(C)(C)C)c1cccc(B(O)O)c1.Cc1ccncc1-c1cccc([C@H](C)N)c1.Cc1ccncc1Br. The minimum atomic E-state index is -1.52. The molecule has 0 saturated heterocycles. The maximum Gasteiger partial charge on any atom is 0.488 e. The van der Waals surface area contributed by atoms with Crippen LogP contribution in [-0.2, 0) is 4.74 Å². The summed E-state index contributed by atoms with van der Waals surface area (Å²) in [5.74, 6) is 0. The molecule has 0 unspecified atom stereocenters. The van der Waals surface area contributed by atoms with E-state index in [0.29, 0.717) is 5.46 Å². The van der Waals surface area contributed by atoms with Crippen molar-refractivity contribution in [2.75, 3.05) is 0 Å². The van der Waals surface area contributed by atoms with Crippen molar-refractivity contribution in [2.24, 2.45) is 5.73 Å². The molecule has 236 valence electrons. The number of nitrogens with zero attached hydrogens (tertiary/aromatic N) is 2. The number of ether oxygens (including phenoxy) is 1. The van der Waals surface area contributed by atoms with Crippen molar-refractivity contribution >= 4 is 34.6 Å². The van der Waals surface area contributed by atoms with E-state index in [4.69, 9.17) is 20.5 Å². The lowest BCUT2D eigenvalue weighted by molar-refractivity contribution is 0.0508. The van der Waals surface area contributed by atoms with Crippen molar-refractivity contribution in [2.45, 2.75) is 73.6 Å². The molecule has 10 heteroatoms. The predicted molar refractivity (Wildman–Crippen MR) is 184 cm³/mol. The van der Waals surface area contributed by atoms with E-state index in [1.54, 1.807) is 64.4 Å². The number of nitrogens with two attached hydrogens (primary N) is 1. The molecule has 0 aliphatic rings. The fourth-order valence-electron chi connectivity index (χ4n) is 3.76. The van der Waals surface area contributed by atoms with Crippen LogP contribution < -0.4 is 16.5 Å². The second-order valence-electron chi connectivity index (χ2n) is 11.1. The van der Waals surface area contributed by atoms with Crippen molar-refractivity contribution in [1.29, 1.82) is 0 Å². The van der Waals surface area contributed by atoms with Crippen molar-refractivity contribution in [3.8, 4) is 11.1 Å². The molecule has 0 bridgehead atoms. The highest BCUT2D eigenvalue weighted by Crippen LogP contribution is 2.24. The van der Waals surface area contributed by atoms with Gasteiger partial charge < -0.3 is 25.8 Å². The number of amides is 1. The highest BCUT2D eigenvalue weighted by molar-refractivity contribution is 9.10. The molecule has 5 N–H and O–H groups in total. The van der Waals surface area contributed by atoms with E-state index in [2.05, 4.69) is 56.3 Å². The van der Waals surface area contributed by atoms with Gasteiger partial charge in [-0.3, -0.25) is 9.97 Å². The van der Waals surface area contributed by atoms with Crippen LogP contribution in [0.25, 0.3) is 11.1 Å². The lowest BCUT2D eigenvalue weighted by Gasteiger charge is -2.22. The molecular formula is C34H46BBrN4O4. The van der Waals surface area contributed by atoms with E-state index in [9.17, 15) is 4.79 Å². The molecule has 0 saturated carbocycles. The minimum absolute atomic E-state index is 0. The third-order valence-electron chi connectivity index (χ3n) is 6.18. The zero-order valence-electron chi connectivity index (χ0n) is 25.9. The lowest BCUT2D eigenvalue weighted by atomic mass is 9.79. The van der Waals surface area contributed by atoms with Gasteiger partial charge in [0.1, 0.15) is 5.60 Å². The summed E-state index contributed by atoms with van der Waals surface area (Å²) in [6.45, 7) is 13.3. The topological polar surface area (TPSA) is 131 Å². The first kappa shape index (κ1) is 38.5. The number of halogens is 1. The molecule has 1 amide bonds. The summed E-state index contributed by atoms with van der Waals surface area (Å²) >= 11 is 3.33. The minimum Gasteiger partial charge on any atom is -0.444 e. The summed E-state index contributed by atoms with van der Waals surface area (Å²) in [6, 6.07) is 18.8. The maximum atomic E-state index is 11.6. The average Bonchev–Trinajstić information content (AvgIpc) is 2.94. The number of carbonyl (C=O) groups is 1. The Bertz CT molecular complexity index is 1440. The summed E-state index contributed by atoms with van der Waals surface area (Å²) in [7, 11) is -1.52. The van der Waals surface area contributed by atoms with Crippen LogP contribution in [0.2, 0.25) is 0 Å². The summed E-state index contributed by atoms with van der Waals surface area (Å²) < 4.78 is 6.23. The Morgan fingerprint density at radius 3 is 2.05 bits per heavy atom. The Hall–Kier alpha value is -3.57. The van der Waals surface area contributed by atoms with Gasteiger partial charge in [-0.15, -0.1) is 0 Å². The zero-order valence-corrected chi connectivity index (χ0v) is 27.5. The number of aromatic nitrogens is 2. The van der Waals surface area contributed by atoms with Crippen molar-refractivity contribution in [1.82, 2.24) is 15.3 Å². The first-order valence-corrected chi connectivity index (χ1v) is 14.8. The first-order chi connectivity index (χ1) is 20.2. The van der Waals surface area contributed by atoms with Crippen LogP contribution in [-0.4, -0.2) is 38.8 Å². The van der Waals surface area contributed by atoms with Gasteiger partial charge in [-0.1, -0.05) is 49.9 Å². The van der Waals surface area contributed by atoms with Crippen LogP contribution in [0.3, 0.4) is 0 Å². The molecule has 2 heterocycles. The quantitative estimate of drug-likeness (QED) is 0.172. The van der Waals surface area contributed by atoms with Gasteiger partial charge in [-0.05, 0) is 116 Å². The second kappa shape index (κ2) is 18.3. The second-order valence-corrected chi connectivity index (χ2v) is 12.0. The molecule has 2 aromatic carbocycles. The molecule has 2 aromatic heterocycles. The van der Waals surface area contributed by atoms with E-state index < -0.39 is 18.8 Å². The zero-order chi connectivity index (χ0) is 32.2. The van der Waals surface area contributed by atoms with E-state index in [0.717, 1.165) is 15.6 Å². The number of pyridine rings is 2. The number of carbonyl (C=O) groups excluding carboxylic acids is 1. The Morgan fingerprint density at radius 2 is 1.52 bits per heavy atom. The Labute approximate surface area is 271 Å². The van der Waals surface area contributed by atoms with E-state index in [1.165, 1.54) is 22.3 Å². The first-order valence-electron chi connectivity index (χ1n) is 14.0. The average molecular weight is 665 g/mol. The third-order valence-corrected chi connectivity index (χ3v) is 7.01. The molecular weight excluding hydrogens is 619 g/mol. The van der Waals surface area contributed by atoms with E-state index >= 15 is 0 Å². The standard InChI is InChI=1S/C14H16N2.C13H20BNO4.C6H6BrN.CH4/c1-10-6-7-16-9-14(10)13-5-3-4-12(8-13)11(2)15;1-9(15-12(16)19-13(2,3)4)10-6-5-7-11(8-10)14(17)18;1-5-2-3-8-4-6(5)7;/h3-9,11H,15H2,1-2H3;5-9,17-18H,1-4H3,(H,15,16);2-4H,1H3;1H4/t11-;9-;;/m00../s1. The van der Waals surface area contributed by atoms with Gasteiger partial charge in [-0.2, -0.15) is 0 Å². The molecule has 0 fully saturated rings. The number of rotatable bonds is 5. The van der Waals surface area contributed by atoms with Crippen molar-refractivity contribution < 1.29 is 19.6 Å². The number of benzene rings is 2. The third kappa shape index (κ3) is 13.4. The summed E-state index contributed by atoms with van der Waals surface area (Å²) in [6.07, 6.45) is 6.77. The highest BCUT2D eigenvalue weighted by Gasteiger charge is 2.19. The Kier molecular flexibility index (Phi) is 16.0. The van der Waals surface area contributed by atoms with Crippen LogP contribution in [0, 0.1) is 13.8 Å². The molecule has 4 rings (SSSR count). The van der Waals surface area contributed by atoms with E-state index in [-0.39, 0.29) is 19.5 Å². The molecule has 0 spiro atoms. The van der Waals surface area contributed by atoms with Gasteiger partial charge >= 0.3 is 13.2 Å². The number of alkyl carbamates (subject to hydrolysis) is 1. The number of hydrogen-bond acceptors (Lipinski definition) is 7. The lowest BCUT2D eigenvalue weighted by Crippen LogP contribution is -2.35. The van der Waals surface area contributed by atoms with Crippen LogP contribution >= 0.6 is 15.9 Å². The largest absolute Gasteiger partial charge is 0.488 e. The van der Waals surface area contributed by atoms with E-state index in [1.807, 2.05) is 44.4 Å². The monoisotopic (exact) mass is 664 g/mol. The number of aryl methyl sites for hydroxylation is 2. The Balaban J connectivity index is 0.000000350. The predicted octanol–water partition coefficient (Wildman–Crippen LogP) is 6.82. The van der Waals surface area contributed by atoms with Gasteiger partial charge in [0, 0.05) is 40.9 Å². The molecule has 8 nitrogen and oxygen atoms in total. The fourth-order valence-corrected chi connectivity index (χ4v) is 4.01. The van der Waals surface area contributed by atoms with Crippen LogP contribution in [0.4, 0.5) is 4.79 Å². The molecule has 4 aromatic rings. The summed E-state index contributed by atoms with van der Waals surface area (Å²) in [5, 5.41) is 20.9. The number of nitrogens with one attached hydrogen (secondary N) is 1. The van der Waals surface area contributed by atoms with Gasteiger partial charge in [0.15, 0.2) is 0 Å². The Morgan fingerprint density at radius 1 is 0.932 bits per heavy atom. The van der Waals surface area contributed by atoms with Gasteiger partial charge in [0.05, 0.1) is 6.04 Å². The van der Waals surface area contributed by atoms with Crippen molar-refractivity contribution in [3.05, 3.63) is 112 Å². The molecule has 0 radical (unpaired) electrons. The van der Waals surface area contributed by atoms with Crippen LogP contribution in [0.15, 0.2) is 89.9 Å². The van der Waals surface area contributed by atoms with Crippen LogP contribution in [0.1, 0.15) is 76.4 Å². The highest BCUT2D eigenvalue weighted by atomic mass is 79.9. The molecule has 0 aliphatic heterocycles. The smallest absolute Gasteiger partial charge is 0.444 e. The maximum absolute atomic E-state index is 11.6.